The van der Waals surface area contributed by atoms with E-state index in [0.717, 1.165) is 5.56 Å². The molecular weight excluding hydrogens is 518 g/mol. The highest BCUT2D eigenvalue weighted by Gasteiger charge is 2.16. The number of ether oxygens (including phenoxy) is 1. The smallest absolute Gasteiger partial charge is 0.408 e. The van der Waals surface area contributed by atoms with E-state index < -0.39 is 11.7 Å². The van der Waals surface area contributed by atoms with Crippen molar-refractivity contribution in [3.8, 4) is 23.1 Å². The zero-order chi connectivity index (χ0) is 29.4. The molecule has 3 aromatic carbocycles. The number of amides is 3. The first-order valence-electron chi connectivity index (χ1n) is 13.0. The van der Waals surface area contributed by atoms with E-state index in [4.69, 9.17) is 4.74 Å². The topological polar surface area (TPSA) is 114 Å². The number of alkyl carbamates (subject to hydrolysis) is 1. The highest BCUT2D eigenvalue weighted by atomic mass is 16.6. The Bertz CT molecular complexity index is 1610. The minimum Gasteiger partial charge on any atom is -0.444 e. The maximum absolute atomic E-state index is 13.0. The van der Waals surface area contributed by atoms with Gasteiger partial charge in [0, 0.05) is 35.5 Å². The molecule has 9 nitrogen and oxygen atoms in total. The molecule has 41 heavy (non-hydrogen) atoms. The highest BCUT2D eigenvalue weighted by Crippen LogP contribution is 2.24. The molecule has 4 rings (SSSR count). The number of aromatic nitrogens is 2. The van der Waals surface area contributed by atoms with Crippen LogP contribution >= 0.6 is 0 Å². The van der Waals surface area contributed by atoms with Gasteiger partial charge < -0.3 is 20.7 Å². The van der Waals surface area contributed by atoms with E-state index in [2.05, 4.69) is 32.9 Å². The van der Waals surface area contributed by atoms with Crippen molar-refractivity contribution in [3.63, 3.8) is 0 Å². The number of rotatable bonds is 6. The number of carbonyl (C=O) groups is 3. The maximum Gasteiger partial charge on any atom is 0.408 e. The summed E-state index contributed by atoms with van der Waals surface area (Å²) in [4.78, 5) is 37.3. The van der Waals surface area contributed by atoms with Crippen molar-refractivity contribution in [3.05, 3.63) is 102 Å². The summed E-state index contributed by atoms with van der Waals surface area (Å²) in [6, 6.07) is 25.0. The van der Waals surface area contributed by atoms with Gasteiger partial charge in [-0.05, 0) is 57.2 Å². The number of hydrogen-bond acceptors (Lipinski definition) is 5. The lowest BCUT2D eigenvalue weighted by molar-refractivity contribution is 0.0534. The normalized spacial score (nSPS) is 10.6. The fraction of sp³-hybridized carbons (Fsp3) is 0.188. The Morgan fingerprint density at radius 2 is 1.56 bits per heavy atom. The fourth-order valence-corrected chi connectivity index (χ4v) is 3.79. The molecule has 0 aliphatic rings. The lowest BCUT2D eigenvalue weighted by Crippen LogP contribution is -2.32. The summed E-state index contributed by atoms with van der Waals surface area (Å²) in [6.07, 6.45) is -0.555. The van der Waals surface area contributed by atoms with Gasteiger partial charge in [0.05, 0.1) is 17.8 Å². The molecule has 0 aliphatic carbocycles. The van der Waals surface area contributed by atoms with Crippen LogP contribution in [0.3, 0.4) is 0 Å². The van der Waals surface area contributed by atoms with Crippen LogP contribution in [0.4, 0.5) is 16.3 Å². The van der Waals surface area contributed by atoms with E-state index in [1.54, 1.807) is 87.1 Å². The van der Waals surface area contributed by atoms with Crippen LogP contribution in [0, 0.1) is 11.8 Å². The summed E-state index contributed by atoms with van der Waals surface area (Å²) in [5.74, 6) is 5.82. The van der Waals surface area contributed by atoms with Crippen molar-refractivity contribution in [1.29, 1.82) is 0 Å². The van der Waals surface area contributed by atoms with Gasteiger partial charge in [-0.25, -0.2) is 4.79 Å². The second kappa shape index (κ2) is 12.7. The van der Waals surface area contributed by atoms with Crippen molar-refractivity contribution in [2.45, 2.75) is 26.4 Å². The fourth-order valence-electron chi connectivity index (χ4n) is 3.79. The van der Waals surface area contributed by atoms with Crippen LogP contribution in [0.25, 0.3) is 11.3 Å². The van der Waals surface area contributed by atoms with Gasteiger partial charge in [0.1, 0.15) is 11.4 Å². The SMILES string of the molecule is Cn1nc(-c2ccc(NC(=O)c3ccccc3C#CCNC(=O)OC(C)(C)C)cc2)cc1NC(=O)c1ccccc1. The molecule has 0 atom stereocenters. The molecule has 0 fully saturated rings. The second-order valence-corrected chi connectivity index (χ2v) is 10.1. The summed E-state index contributed by atoms with van der Waals surface area (Å²) in [7, 11) is 1.76. The van der Waals surface area contributed by atoms with E-state index in [1.165, 1.54) is 0 Å². The number of aryl methyl sites for hydroxylation is 1. The van der Waals surface area contributed by atoms with Crippen molar-refractivity contribution >= 4 is 29.4 Å². The second-order valence-electron chi connectivity index (χ2n) is 10.1. The number of carbonyl (C=O) groups excluding carboxylic acids is 3. The molecule has 0 bridgehead atoms. The third kappa shape index (κ3) is 8.07. The zero-order valence-electron chi connectivity index (χ0n) is 23.3. The Balaban J connectivity index is 1.39. The predicted octanol–water partition coefficient (Wildman–Crippen LogP) is 5.47. The van der Waals surface area contributed by atoms with E-state index in [-0.39, 0.29) is 18.4 Å². The molecule has 3 N–H and O–H groups in total. The molecule has 4 aromatic rings. The molecule has 0 saturated heterocycles. The minimum atomic E-state index is -0.596. The van der Waals surface area contributed by atoms with E-state index >= 15 is 0 Å². The van der Waals surface area contributed by atoms with Crippen LogP contribution < -0.4 is 16.0 Å². The summed E-state index contributed by atoms with van der Waals surface area (Å²) in [5.41, 5.74) is 3.00. The number of anilines is 2. The minimum absolute atomic E-state index is 0.0809. The molecule has 0 radical (unpaired) electrons. The molecule has 9 heteroatoms. The van der Waals surface area contributed by atoms with Gasteiger partial charge in [0.25, 0.3) is 11.8 Å². The van der Waals surface area contributed by atoms with Gasteiger partial charge in [-0.15, -0.1) is 0 Å². The van der Waals surface area contributed by atoms with Crippen LogP contribution in [0.5, 0.6) is 0 Å². The van der Waals surface area contributed by atoms with Crippen LogP contribution in [0.2, 0.25) is 0 Å². The summed E-state index contributed by atoms with van der Waals surface area (Å²) >= 11 is 0. The van der Waals surface area contributed by atoms with Crippen LogP contribution in [-0.4, -0.2) is 39.8 Å². The molecule has 0 saturated carbocycles. The van der Waals surface area contributed by atoms with Crippen molar-refractivity contribution in [2.24, 2.45) is 7.05 Å². The van der Waals surface area contributed by atoms with E-state index in [0.29, 0.717) is 33.9 Å². The van der Waals surface area contributed by atoms with Gasteiger partial charge in [-0.2, -0.15) is 5.10 Å². The molecule has 208 valence electrons. The summed E-state index contributed by atoms with van der Waals surface area (Å²) in [5, 5.41) is 12.9. The predicted molar refractivity (Wildman–Crippen MR) is 159 cm³/mol. The molecule has 0 spiro atoms. The maximum atomic E-state index is 13.0. The molecule has 1 aromatic heterocycles. The standard InChI is InChI=1S/C32H31N5O4/c1-32(2,3)41-31(40)33-20-10-14-22-11-8-9-15-26(22)30(39)34-25-18-16-23(17-19-25)27-21-28(37(4)36-27)35-29(38)24-12-6-5-7-13-24/h5-9,11-13,15-19,21H,20H2,1-4H3,(H,33,40)(H,34,39)(H,35,38). The third-order valence-electron chi connectivity index (χ3n) is 5.71. The average Bonchev–Trinajstić information content (AvgIpc) is 3.31. The molecule has 3 amide bonds. The van der Waals surface area contributed by atoms with Gasteiger partial charge in [-0.1, -0.05) is 54.3 Å². The average molecular weight is 550 g/mol. The lowest BCUT2D eigenvalue weighted by Gasteiger charge is -2.19. The number of benzene rings is 3. The molecule has 1 heterocycles. The Hall–Kier alpha value is -5.36. The Kier molecular flexibility index (Phi) is 8.85. The largest absolute Gasteiger partial charge is 0.444 e. The van der Waals surface area contributed by atoms with E-state index in [1.807, 2.05) is 30.3 Å². The van der Waals surface area contributed by atoms with Gasteiger partial charge in [-0.3, -0.25) is 14.3 Å². The molecule has 0 aliphatic heterocycles. The Labute approximate surface area is 238 Å². The highest BCUT2D eigenvalue weighted by molar-refractivity contribution is 6.06. The van der Waals surface area contributed by atoms with Crippen molar-refractivity contribution in [1.82, 2.24) is 15.1 Å². The van der Waals surface area contributed by atoms with Crippen molar-refractivity contribution < 1.29 is 19.1 Å². The number of nitrogens with zero attached hydrogens (tertiary/aromatic N) is 2. The molecule has 0 unspecified atom stereocenters. The first-order chi connectivity index (χ1) is 19.6. The lowest BCUT2D eigenvalue weighted by atomic mass is 10.1. The first-order valence-corrected chi connectivity index (χ1v) is 13.0. The van der Waals surface area contributed by atoms with Gasteiger partial charge in [0.15, 0.2) is 0 Å². The first kappa shape index (κ1) is 28.6. The van der Waals surface area contributed by atoms with Crippen LogP contribution in [0.15, 0.2) is 84.9 Å². The van der Waals surface area contributed by atoms with Gasteiger partial charge >= 0.3 is 6.09 Å². The van der Waals surface area contributed by atoms with Crippen LogP contribution in [0.1, 0.15) is 47.1 Å². The van der Waals surface area contributed by atoms with Gasteiger partial charge in [0.2, 0.25) is 0 Å². The summed E-state index contributed by atoms with van der Waals surface area (Å²) < 4.78 is 6.79. The quantitative estimate of drug-likeness (QED) is 0.276. The number of nitrogens with one attached hydrogen (secondary N) is 3. The Morgan fingerprint density at radius 1 is 0.878 bits per heavy atom. The number of hydrogen-bond donors (Lipinski definition) is 3. The summed E-state index contributed by atoms with van der Waals surface area (Å²) in [6.45, 7) is 5.43. The zero-order valence-corrected chi connectivity index (χ0v) is 23.3. The molecular formula is C32H31N5O4. The van der Waals surface area contributed by atoms with E-state index in [9.17, 15) is 14.4 Å². The van der Waals surface area contributed by atoms with Crippen LogP contribution in [-0.2, 0) is 11.8 Å². The Morgan fingerprint density at radius 3 is 2.27 bits per heavy atom. The van der Waals surface area contributed by atoms with Crippen molar-refractivity contribution in [2.75, 3.05) is 17.2 Å². The third-order valence-corrected chi connectivity index (χ3v) is 5.71. The monoisotopic (exact) mass is 549 g/mol.